The molecule has 9 heteroatoms. The number of benzene rings is 2. The first-order chi connectivity index (χ1) is 12.8. The molecule has 4 rings (SSSR count). The van der Waals surface area contributed by atoms with Crippen molar-refractivity contribution < 1.29 is 22.7 Å². The average molecular weight is 438 g/mol. The Balaban J connectivity index is 1.93. The summed E-state index contributed by atoms with van der Waals surface area (Å²) < 4.78 is 46.6. The molecule has 5 nitrogen and oxygen atoms in total. The Morgan fingerprint density at radius 3 is 2.59 bits per heavy atom. The van der Waals surface area contributed by atoms with Gasteiger partial charge in [-0.2, -0.15) is 18.3 Å². The molecule has 138 valence electrons. The fourth-order valence-electron chi connectivity index (χ4n) is 2.82. The van der Waals surface area contributed by atoms with E-state index >= 15 is 0 Å². The number of hydrogen-bond donors (Lipinski definition) is 1. The van der Waals surface area contributed by atoms with E-state index in [1.165, 1.54) is 4.68 Å². The van der Waals surface area contributed by atoms with E-state index in [1.807, 2.05) is 0 Å². The Labute approximate surface area is 159 Å². The number of nitrogens with zero attached hydrogens (tertiary/aromatic N) is 2. The molecule has 0 atom stereocenters. The number of hydrogen-bond acceptors (Lipinski definition) is 3. The number of alkyl halides is 3. The van der Waals surface area contributed by atoms with Gasteiger partial charge in [-0.25, -0.2) is 4.68 Å². The van der Waals surface area contributed by atoms with Crippen molar-refractivity contribution >= 4 is 27.5 Å². The maximum absolute atomic E-state index is 13.4. The molecular formula is C18H11BrF3N3O2. The number of amides is 1. The number of anilines is 1. The lowest BCUT2D eigenvalue weighted by Crippen LogP contribution is -2.25. The first-order valence-electron chi connectivity index (χ1n) is 7.83. The topological polar surface area (TPSA) is 56.1 Å². The number of carbonyl (C=O) groups excluding carboxylic acids is 1. The van der Waals surface area contributed by atoms with Gasteiger partial charge in [0.05, 0.1) is 21.5 Å². The smallest absolute Gasteiger partial charge is 0.436 e. The number of halogens is 4. The van der Waals surface area contributed by atoms with E-state index in [9.17, 15) is 18.0 Å². The molecule has 2 aromatic carbocycles. The van der Waals surface area contributed by atoms with Crippen LogP contribution in [0.15, 0.2) is 53.0 Å². The van der Waals surface area contributed by atoms with Crippen molar-refractivity contribution in [3.63, 3.8) is 0 Å². The van der Waals surface area contributed by atoms with Crippen molar-refractivity contribution in [3.05, 3.63) is 58.7 Å². The lowest BCUT2D eigenvalue weighted by molar-refractivity contribution is -0.141. The Kier molecular flexibility index (Phi) is 4.18. The number of ether oxygens (including phenoxy) is 1. The number of nitrogens with one attached hydrogen (secondary N) is 1. The number of aromatic nitrogens is 2. The number of para-hydroxylation sites is 1. The summed E-state index contributed by atoms with van der Waals surface area (Å²) in [4.78, 5) is 11.6. The fourth-order valence-corrected chi connectivity index (χ4v) is 3.52. The van der Waals surface area contributed by atoms with Gasteiger partial charge < -0.3 is 10.1 Å². The Morgan fingerprint density at radius 2 is 1.89 bits per heavy atom. The van der Waals surface area contributed by atoms with E-state index in [1.54, 1.807) is 48.5 Å². The number of fused-ring (bicyclic) bond motifs is 1. The summed E-state index contributed by atoms with van der Waals surface area (Å²) in [5, 5.41) is 6.44. The minimum atomic E-state index is -4.63. The minimum Gasteiger partial charge on any atom is -0.482 e. The summed E-state index contributed by atoms with van der Waals surface area (Å²) in [5.74, 6) is 0.127. The molecule has 1 amide bonds. The van der Waals surface area contributed by atoms with Gasteiger partial charge in [0.1, 0.15) is 5.75 Å². The highest BCUT2D eigenvalue weighted by atomic mass is 79.9. The highest BCUT2D eigenvalue weighted by Gasteiger charge is 2.39. The van der Waals surface area contributed by atoms with Crippen LogP contribution in [0, 0.1) is 0 Å². The van der Waals surface area contributed by atoms with Crippen molar-refractivity contribution in [2.24, 2.45) is 0 Å². The molecule has 27 heavy (non-hydrogen) atoms. The van der Waals surface area contributed by atoms with Crippen LogP contribution in [0.1, 0.15) is 5.69 Å². The van der Waals surface area contributed by atoms with E-state index in [2.05, 4.69) is 26.3 Å². The first-order valence-corrected chi connectivity index (χ1v) is 8.62. The predicted octanol–water partition coefficient (Wildman–Crippen LogP) is 4.65. The number of rotatable bonds is 2. The van der Waals surface area contributed by atoms with Gasteiger partial charge in [0.15, 0.2) is 12.3 Å². The molecule has 1 aliphatic heterocycles. The molecule has 1 aromatic heterocycles. The van der Waals surface area contributed by atoms with Crippen LogP contribution < -0.4 is 10.1 Å². The normalized spacial score (nSPS) is 13.7. The molecule has 0 bridgehead atoms. The molecule has 0 aliphatic carbocycles. The molecule has 1 aliphatic rings. The van der Waals surface area contributed by atoms with Crippen LogP contribution in [0.3, 0.4) is 0 Å². The average Bonchev–Trinajstić information content (AvgIpc) is 2.99. The summed E-state index contributed by atoms with van der Waals surface area (Å²) in [6.45, 7) is -0.101. The highest BCUT2D eigenvalue weighted by Crippen LogP contribution is 2.42. The van der Waals surface area contributed by atoms with E-state index in [0.717, 1.165) is 0 Å². The van der Waals surface area contributed by atoms with Crippen LogP contribution >= 0.6 is 15.9 Å². The standard InChI is InChI=1S/C18H11BrF3N3O2/c19-15-16(10-6-7-13-12(8-10)23-14(26)9-27-13)25(11-4-2-1-3-5-11)24-17(15)18(20,21)22/h1-8H,9H2,(H,23,26). The maximum atomic E-state index is 13.4. The molecule has 0 spiro atoms. The van der Waals surface area contributed by atoms with Gasteiger partial charge >= 0.3 is 6.18 Å². The lowest BCUT2D eigenvalue weighted by atomic mass is 10.1. The third-order valence-corrected chi connectivity index (χ3v) is 4.73. The quantitative estimate of drug-likeness (QED) is 0.634. The van der Waals surface area contributed by atoms with E-state index in [4.69, 9.17) is 4.74 Å². The Bertz CT molecular complexity index is 1030. The van der Waals surface area contributed by atoms with Crippen molar-refractivity contribution in [2.75, 3.05) is 11.9 Å². The predicted molar refractivity (Wildman–Crippen MR) is 95.8 cm³/mol. The van der Waals surface area contributed by atoms with Crippen LogP contribution in [0.25, 0.3) is 16.9 Å². The third-order valence-electron chi connectivity index (χ3n) is 3.98. The SMILES string of the molecule is O=C1COc2ccc(-c3c(Br)c(C(F)(F)F)nn3-c3ccccc3)cc2N1. The van der Waals surface area contributed by atoms with Gasteiger partial charge in [0.25, 0.3) is 5.91 Å². The van der Waals surface area contributed by atoms with Crippen molar-refractivity contribution in [2.45, 2.75) is 6.18 Å². The first kappa shape index (κ1) is 17.6. The summed E-state index contributed by atoms with van der Waals surface area (Å²) in [6.07, 6.45) is -4.63. The van der Waals surface area contributed by atoms with Gasteiger partial charge in [-0.1, -0.05) is 18.2 Å². The van der Waals surface area contributed by atoms with Crippen LogP contribution in [0.5, 0.6) is 5.75 Å². The van der Waals surface area contributed by atoms with Crippen molar-refractivity contribution in [3.8, 4) is 22.7 Å². The summed E-state index contributed by atoms with van der Waals surface area (Å²) in [6, 6.07) is 13.3. The second kappa shape index (κ2) is 6.41. The number of carbonyl (C=O) groups is 1. The van der Waals surface area contributed by atoms with E-state index < -0.39 is 11.9 Å². The molecule has 2 heterocycles. The summed E-state index contributed by atoms with van der Waals surface area (Å²) in [5.41, 5.74) is 0.500. The molecule has 1 N–H and O–H groups in total. The molecule has 0 unspecified atom stereocenters. The van der Waals surface area contributed by atoms with E-state index in [-0.39, 0.29) is 22.7 Å². The monoisotopic (exact) mass is 437 g/mol. The maximum Gasteiger partial charge on any atom is 0.436 e. The van der Waals surface area contributed by atoms with Crippen LogP contribution in [-0.2, 0) is 11.0 Å². The van der Waals surface area contributed by atoms with Gasteiger partial charge in [-0.3, -0.25) is 4.79 Å². The fraction of sp³-hybridized carbons (Fsp3) is 0.111. The molecule has 0 saturated heterocycles. The molecule has 0 radical (unpaired) electrons. The van der Waals surface area contributed by atoms with Crippen LogP contribution in [0.2, 0.25) is 0 Å². The molecule has 0 fully saturated rings. The minimum absolute atomic E-state index is 0.101. The van der Waals surface area contributed by atoms with Gasteiger partial charge in [-0.05, 0) is 46.3 Å². The van der Waals surface area contributed by atoms with Crippen LogP contribution in [0.4, 0.5) is 18.9 Å². The van der Waals surface area contributed by atoms with E-state index in [0.29, 0.717) is 22.7 Å². The largest absolute Gasteiger partial charge is 0.482 e. The zero-order chi connectivity index (χ0) is 19.2. The van der Waals surface area contributed by atoms with Gasteiger partial charge in [0, 0.05) is 5.56 Å². The Morgan fingerprint density at radius 1 is 1.15 bits per heavy atom. The zero-order valence-electron chi connectivity index (χ0n) is 13.5. The van der Waals surface area contributed by atoms with Crippen molar-refractivity contribution in [1.29, 1.82) is 0 Å². The zero-order valence-corrected chi connectivity index (χ0v) is 15.1. The van der Waals surface area contributed by atoms with Gasteiger partial charge in [-0.15, -0.1) is 0 Å². The second-order valence-electron chi connectivity index (χ2n) is 5.80. The summed E-state index contributed by atoms with van der Waals surface area (Å²) >= 11 is 3.06. The van der Waals surface area contributed by atoms with Crippen molar-refractivity contribution in [1.82, 2.24) is 9.78 Å². The lowest BCUT2D eigenvalue weighted by Gasteiger charge is -2.19. The summed E-state index contributed by atoms with van der Waals surface area (Å²) in [7, 11) is 0. The second-order valence-corrected chi connectivity index (χ2v) is 6.60. The molecule has 3 aromatic rings. The third kappa shape index (κ3) is 3.18. The van der Waals surface area contributed by atoms with Gasteiger partial charge in [0.2, 0.25) is 0 Å². The molecule has 0 saturated carbocycles. The van der Waals surface area contributed by atoms with Crippen LogP contribution in [-0.4, -0.2) is 22.3 Å². The Hall–Kier alpha value is -2.81. The molecular weight excluding hydrogens is 427 g/mol. The highest BCUT2D eigenvalue weighted by molar-refractivity contribution is 9.10.